The Hall–Kier alpha value is -2.07. The lowest BCUT2D eigenvalue weighted by molar-refractivity contribution is 0.419. The molecule has 4 heteroatoms. The predicted octanol–water partition coefficient (Wildman–Crippen LogP) is 4.82. The van der Waals surface area contributed by atoms with Crippen LogP contribution in [-0.4, -0.2) is 16.7 Å². The Labute approximate surface area is 129 Å². The number of ether oxygens (including phenoxy) is 1. The molecular weight excluding hydrogens is 280 g/mol. The van der Waals surface area contributed by atoms with Gasteiger partial charge < -0.3 is 9.72 Å². The molecule has 0 aliphatic heterocycles. The Morgan fingerprint density at radius 3 is 2.43 bits per heavy atom. The fourth-order valence-electron chi connectivity index (χ4n) is 2.54. The smallest absolute Gasteiger partial charge is 0.182 e. The average Bonchev–Trinajstić information content (AvgIpc) is 2.83. The van der Waals surface area contributed by atoms with Crippen molar-refractivity contribution in [2.45, 2.75) is 19.8 Å². The summed E-state index contributed by atoms with van der Waals surface area (Å²) in [6, 6.07) is 14.5. The summed E-state index contributed by atoms with van der Waals surface area (Å²) >= 11 is 5.48. The molecular formula is C17H18N2OS. The first-order valence-electron chi connectivity index (χ1n) is 7.00. The minimum Gasteiger partial charge on any atom is -0.494 e. The van der Waals surface area contributed by atoms with E-state index in [1.165, 1.54) is 5.56 Å². The molecule has 0 bridgehead atoms. The van der Waals surface area contributed by atoms with Crippen molar-refractivity contribution >= 4 is 23.3 Å². The number of aromatic nitrogens is 2. The minimum absolute atomic E-state index is 0.523. The number of rotatable bonds is 3. The molecule has 0 amide bonds. The normalized spacial score (nSPS) is 11.2. The van der Waals surface area contributed by atoms with Gasteiger partial charge in [-0.05, 0) is 48.0 Å². The lowest BCUT2D eigenvalue weighted by Gasteiger charge is -2.09. The molecule has 3 nitrogen and oxygen atoms in total. The number of imidazole rings is 1. The van der Waals surface area contributed by atoms with E-state index in [0.29, 0.717) is 10.7 Å². The number of aromatic amines is 1. The zero-order valence-electron chi connectivity index (χ0n) is 12.4. The molecule has 1 heterocycles. The van der Waals surface area contributed by atoms with Crippen LogP contribution in [-0.2, 0) is 0 Å². The van der Waals surface area contributed by atoms with E-state index in [9.17, 15) is 0 Å². The Bertz CT molecular complexity index is 828. The molecule has 0 unspecified atom stereocenters. The zero-order valence-corrected chi connectivity index (χ0v) is 13.2. The fourth-order valence-corrected chi connectivity index (χ4v) is 2.84. The van der Waals surface area contributed by atoms with E-state index in [2.05, 4.69) is 43.1 Å². The van der Waals surface area contributed by atoms with Gasteiger partial charge in [0.2, 0.25) is 0 Å². The number of methoxy groups -OCH3 is 1. The number of benzene rings is 2. The fraction of sp³-hybridized carbons (Fsp3) is 0.235. The Balaban J connectivity index is 2.20. The van der Waals surface area contributed by atoms with Crippen LogP contribution in [0.3, 0.4) is 0 Å². The van der Waals surface area contributed by atoms with Gasteiger partial charge in [-0.2, -0.15) is 0 Å². The van der Waals surface area contributed by atoms with Crippen molar-refractivity contribution in [2.24, 2.45) is 0 Å². The predicted molar refractivity (Wildman–Crippen MR) is 89.1 cm³/mol. The third-order valence-electron chi connectivity index (χ3n) is 3.72. The molecule has 1 N–H and O–H groups in total. The van der Waals surface area contributed by atoms with E-state index in [-0.39, 0.29) is 0 Å². The van der Waals surface area contributed by atoms with Crippen molar-refractivity contribution in [1.82, 2.24) is 9.55 Å². The van der Waals surface area contributed by atoms with Crippen molar-refractivity contribution in [3.63, 3.8) is 0 Å². The van der Waals surface area contributed by atoms with Crippen LogP contribution in [0.1, 0.15) is 25.3 Å². The molecule has 0 saturated heterocycles. The summed E-state index contributed by atoms with van der Waals surface area (Å²) in [4.78, 5) is 3.24. The number of hydrogen-bond acceptors (Lipinski definition) is 2. The van der Waals surface area contributed by atoms with Gasteiger partial charge >= 0.3 is 0 Å². The second-order valence-electron chi connectivity index (χ2n) is 5.37. The standard InChI is InChI=1S/C17H18N2OS/c1-11(2)12-7-9-13(10-8-12)19-14-5-4-6-15(20-3)16(14)18-17(19)21/h4-11H,1-3H3,(H,18,21). The quantitative estimate of drug-likeness (QED) is 0.703. The highest BCUT2D eigenvalue weighted by Gasteiger charge is 2.10. The van der Waals surface area contributed by atoms with E-state index in [1.54, 1.807) is 7.11 Å². The van der Waals surface area contributed by atoms with Crippen molar-refractivity contribution < 1.29 is 4.74 Å². The van der Waals surface area contributed by atoms with Crippen LogP contribution in [0.25, 0.3) is 16.7 Å². The molecule has 0 saturated carbocycles. The topological polar surface area (TPSA) is 29.9 Å². The van der Waals surface area contributed by atoms with E-state index in [4.69, 9.17) is 17.0 Å². The van der Waals surface area contributed by atoms with Crippen LogP contribution in [0, 0.1) is 4.77 Å². The molecule has 0 aliphatic rings. The number of para-hydroxylation sites is 1. The van der Waals surface area contributed by atoms with Crippen molar-refractivity contribution in [1.29, 1.82) is 0 Å². The van der Waals surface area contributed by atoms with E-state index < -0.39 is 0 Å². The monoisotopic (exact) mass is 298 g/mol. The number of fused-ring (bicyclic) bond motifs is 1. The second kappa shape index (κ2) is 5.37. The summed E-state index contributed by atoms with van der Waals surface area (Å²) in [6.45, 7) is 4.38. The third kappa shape index (κ3) is 2.36. The molecule has 108 valence electrons. The largest absolute Gasteiger partial charge is 0.494 e. The molecule has 0 aliphatic carbocycles. The van der Waals surface area contributed by atoms with Crippen molar-refractivity contribution in [2.75, 3.05) is 7.11 Å². The summed E-state index contributed by atoms with van der Waals surface area (Å²) in [5, 5.41) is 0. The van der Waals surface area contributed by atoms with Crippen molar-refractivity contribution in [3.8, 4) is 11.4 Å². The van der Waals surface area contributed by atoms with Gasteiger partial charge in [0.05, 0.1) is 12.6 Å². The van der Waals surface area contributed by atoms with Crippen LogP contribution in [0.2, 0.25) is 0 Å². The first-order chi connectivity index (χ1) is 10.1. The van der Waals surface area contributed by atoms with Gasteiger partial charge in [0.1, 0.15) is 11.3 Å². The molecule has 21 heavy (non-hydrogen) atoms. The Morgan fingerprint density at radius 2 is 1.81 bits per heavy atom. The lowest BCUT2D eigenvalue weighted by Crippen LogP contribution is -1.95. The highest BCUT2D eigenvalue weighted by Crippen LogP contribution is 2.27. The summed E-state index contributed by atoms with van der Waals surface area (Å²) in [6.07, 6.45) is 0. The van der Waals surface area contributed by atoms with Gasteiger partial charge in [-0.15, -0.1) is 0 Å². The molecule has 2 aromatic carbocycles. The minimum atomic E-state index is 0.523. The highest BCUT2D eigenvalue weighted by atomic mass is 32.1. The van der Waals surface area contributed by atoms with Gasteiger partial charge in [0.15, 0.2) is 4.77 Å². The maximum atomic E-state index is 5.48. The van der Waals surface area contributed by atoms with E-state index in [0.717, 1.165) is 22.5 Å². The summed E-state index contributed by atoms with van der Waals surface area (Å²) in [7, 11) is 1.67. The second-order valence-corrected chi connectivity index (χ2v) is 5.75. The van der Waals surface area contributed by atoms with Crippen LogP contribution >= 0.6 is 12.2 Å². The van der Waals surface area contributed by atoms with E-state index >= 15 is 0 Å². The molecule has 3 aromatic rings. The molecule has 0 spiro atoms. The number of nitrogens with one attached hydrogen (secondary N) is 1. The number of nitrogens with zero attached hydrogens (tertiary/aromatic N) is 1. The van der Waals surface area contributed by atoms with Gasteiger partial charge in [-0.25, -0.2) is 0 Å². The molecule has 3 rings (SSSR count). The van der Waals surface area contributed by atoms with Crippen LogP contribution < -0.4 is 4.74 Å². The summed E-state index contributed by atoms with van der Waals surface area (Å²) in [5.74, 6) is 1.33. The lowest BCUT2D eigenvalue weighted by atomic mass is 10.0. The zero-order chi connectivity index (χ0) is 15.0. The van der Waals surface area contributed by atoms with Gasteiger partial charge in [0, 0.05) is 5.69 Å². The SMILES string of the molecule is COc1cccc2c1[nH]c(=S)n2-c1ccc(C(C)C)cc1. The van der Waals surface area contributed by atoms with Gasteiger partial charge in [-0.1, -0.05) is 32.0 Å². The summed E-state index contributed by atoms with van der Waals surface area (Å²) < 4.78 is 8.10. The number of hydrogen-bond donors (Lipinski definition) is 1. The maximum absolute atomic E-state index is 5.48. The summed E-state index contributed by atoms with van der Waals surface area (Å²) in [5.41, 5.74) is 4.33. The third-order valence-corrected chi connectivity index (χ3v) is 4.00. The van der Waals surface area contributed by atoms with Crippen LogP contribution in [0.4, 0.5) is 0 Å². The first-order valence-corrected chi connectivity index (χ1v) is 7.40. The Morgan fingerprint density at radius 1 is 1.10 bits per heavy atom. The van der Waals surface area contributed by atoms with Crippen LogP contribution in [0.15, 0.2) is 42.5 Å². The Kier molecular flexibility index (Phi) is 3.55. The van der Waals surface area contributed by atoms with Crippen LogP contribution in [0.5, 0.6) is 5.75 Å². The van der Waals surface area contributed by atoms with E-state index in [1.807, 2.05) is 22.8 Å². The highest BCUT2D eigenvalue weighted by molar-refractivity contribution is 7.71. The first kappa shape index (κ1) is 13.9. The van der Waals surface area contributed by atoms with Gasteiger partial charge in [0.25, 0.3) is 0 Å². The molecule has 0 atom stereocenters. The molecule has 1 aromatic heterocycles. The van der Waals surface area contributed by atoms with Gasteiger partial charge in [-0.3, -0.25) is 4.57 Å². The van der Waals surface area contributed by atoms with Crippen molar-refractivity contribution in [3.05, 3.63) is 52.8 Å². The maximum Gasteiger partial charge on any atom is 0.182 e. The molecule has 0 radical (unpaired) electrons. The molecule has 0 fully saturated rings. The number of H-pyrrole nitrogens is 1. The average molecular weight is 298 g/mol.